The maximum Gasteiger partial charge on any atom is 0.173 e. The predicted octanol–water partition coefficient (Wildman–Crippen LogP) is 6.74. The number of nitrogens with zero attached hydrogens (tertiary/aromatic N) is 2. The summed E-state index contributed by atoms with van der Waals surface area (Å²) < 4.78 is 5.28. The molecule has 0 aromatic heterocycles. The van der Waals surface area contributed by atoms with Crippen molar-refractivity contribution in [3.05, 3.63) is 81.1 Å². The predicted molar refractivity (Wildman–Crippen MR) is 128 cm³/mol. The van der Waals surface area contributed by atoms with E-state index in [0.717, 1.165) is 32.6 Å². The van der Waals surface area contributed by atoms with E-state index in [0.29, 0.717) is 15.6 Å². The fraction of sp³-hybridized carbons (Fsp3) is 0.182. The molecule has 0 fully saturated rings. The van der Waals surface area contributed by atoms with E-state index in [4.69, 9.17) is 32.9 Å². The molecule has 2 aliphatic rings. The van der Waals surface area contributed by atoms with Crippen LogP contribution in [0.1, 0.15) is 31.0 Å². The van der Waals surface area contributed by atoms with Crippen LogP contribution in [0, 0.1) is 0 Å². The molecule has 2 aliphatic heterocycles. The fourth-order valence-corrected chi connectivity index (χ4v) is 5.42. The molecule has 0 amide bonds. The van der Waals surface area contributed by atoms with Gasteiger partial charge < -0.3 is 9.64 Å². The zero-order valence-electron chi connectivity index (χ0n) is 16.5. The zero-order valence-corrected chi connectivity index (χ0v) is 19.6. The highest BCUT2D eigenvalue weighted by Crippen LogP contribution is 2.48. The molecule has 4 nitrogen and oxygen atoms in total. The molecule has 1 atom stereocenters. The molecule has 0 spiro atoms. The van der Waals surface area contributed by atoms with E-state index in [2.05, 4.69) is 0 Å². The second kappa shape index (κ2) is 9.06. The van der Waals surface area contributed by atoms with Crippen LogP contribution in [-0.2, 0) is 4.79 Å². The fourth-order valence-electron chi connectivity index (χ4n) is 3.57. The Kier molecular flexibility index (Phi) is 6.88. The number of Topliss-reactive ketones (excluding diaryl/α,β-unsaturated/α-hetero) is 1. The molecule has 30 heavy (non-hydrogen) atoms. The van der Waals surface area contributed by atoms with Crippen LogP contribution in [0.4, 0.5) is 0 Å². The van der Waals surface area contributed by atoms with E-state index in [1.54, 1.807) is 14.0 Å². The van der Waals surface area contributed by atoms with Crippen molar-refractivity contribution >= 4 is 63.2 Å². The number of methoxy groups -OCH3 is 1. The lowest BCUT2D eigenvalue weighted by Crippen LogP contribution is -2.32. The van der Waals surface area contributed by atoms with Crippen molar-refractivity contribution in [3.63, 3.8) is 0 Å². The molecule has 1 unspecified atom stereocenters. The van der Waals surface area contributed by atoms with Crippen molar-refractivity contribution < 1.29 is 9.53 Å². The maximum absolute atomic E-state index is 12.5. The molecule has 0 saturated heterocycles. The summed E-state index contributed by atoms with van der Waals surface area (Å²) in [5, 5.41) is 1.95. The van der Waals surface area contributed by atoms with Gasteiger partial charge in [-0.2, -0.15) is 0 Å². The molecular formula is C22H19Cl3N2O2S. The van der Waals surface area contributed by atoms with Crippen LogP contribution in [0.5, 0.6) is 5.75 Å². The third-order valence-corrected chi connectivity index (χ3v) is 6.55. The van der Waals surface area contributed by atoms with Crippen molar-refractivity contribution in [1.29, 1.82) is 0 Å². The van der Waals surface area contributed by atoms with Crippen molar-refractivity contribution in [3.8, 4) is 5.75 Å². The monoisotopic (exact) mass is 480 g/mol. The number of fused-ring (bicyclic) bond motifs is 1. The Morgan fingerprint density at radius 1 is 1.13 bits per heavy atom. The number of benzene rings is 2. The van der Waals surface area contributed by atoms with Crippen LogP contribution in [-0.4, -0.2) is 23.0 Å². The summed E-state index contributed by atoms with van der Waals surface area (Å²) in [6, 6.07) is 12.9. The number of thioether (sulfide) groups is 1. The van der Waals surface area contributed by atoms with Crippen LogP contribution in [0.3, 0.4) is 0 Å². The van der Waals surface area contributed by atoms with E-state index in [1.807, 2.05) is 60.5 Å². The van der Waals surface area contributed by atoms with E-state index in [1.165, 1.54) is 11.8 Å². The van der Waals surface area contributed by atoms with Gasteiger partial charge in [-0.15, -0.1) is 12.4 Å². The second-order valence-corrected chi connectivity index (χ2v) is 8.55. The van der Waals surface area contributed by atoms with Crippen LogP contribution in [0.25, 0.3) is 4.91 Å². The average molecular weight is 482 g/mol. The first-order valence-electron chi connectivity index (χ1n) is 8.97. The summed E-state index contributed by atoms with van der Waals surface area (Å²) in [5.41, 5.74) is 3.14. The average Bonchev–Trinajstić information content (AvgIpc) is 3.09. The number of rotatable bonds is 4. The number of amidine groups is 1. The van der Waals surface area contributed by atoms with Gasteiger partial charge in [-0.05, 0) is 55.4 Å². The summed E-state index contributed by atoms with van der Waals surface area (Å²) in [7, 11) is 1.63. The number of hydrogen-bond acceptors (Lipinski definition) is 5. The van der Waals surface area contributed by atoms with E-state index in [9.17, 15) is 4.79 Å². The molecule has 156 valence electrons. The summed E-state index contributed by atoms with van der Waals surface area (Å²) in [4.78, 5) is 20.1. The van der Waals surface area contributed by atoms with E-state index in [-0.39, 0.29) is 24.2 Å². The molecule has 0 saturated carbocycles. The normalized spacial score (nSPS) is 17.8. The van der Waals surface area contributed by atoms with E-state index >= 15 is 0 Å². The van der Waals surface area contributed by atoms with Gasteiger partial charge in [0.15, 0.2) is 11.0 Å². The first kappa shape index (κ1) is 22.8. The number of carbonyl (C=O) groups excluding carboxylic acids is 1. The molecule has 0 N–H and O–H groups in total. The maximum atomic E-state index is 12.5. The zero-order chi connectivity index (χ0) is 20.7. The van der Waals surface area contributed by atoms with Crippen LogP contribution in [0.2, 0.25) is 10.0 Å². The molecule has 2 aromatic carbocycles. The standard InChI is InChI=1S/C22H18Cl2N2O2S.ClH/c1-12-19(13(2)27)21(14-7-9-15(28-3)10-8-14)26-11-18(29-22(26)25-12)20-16(23)5-4-6-17(20)24;/h4-11,21H,1-3H3;1H. The lowest BCUT2D eigenvalue weighted by Gasteiger charge is -2.33. The SMILES string of the molecule is COc1ccc(C2C(C(C)=O)=C(C)N=C3SC(c4c(Cl)cccc4Cl)=CN32)cc1.Cl. The highest BCUT2D eigenvalue weighted by atomic mass is 35.5. The van der Waals surface area contributed by atoms with Crippen molar-refractivity contribution in [1.82, 2.24) is 4.90 Å². The summed E-state index contributed by atoms with van der Waals surface area (Å²) in [5.74, 6) is 0.757. The Morgan fingerprint density at radius 3 is 2.33 bits per heavy atom. The van der Waals surface area contributed by atoms with Crippen LogP contribution in [0.15, 0.2) is 64.9 Å². The lowest BCUT2D eigenvalue weighted by atomic mass is 9.92. The lowest BCUT2D eigenvalue weighted by molar-refractivity contribution is -0.114. The highest BCUT2D eigenvalue weighted by Gasteiger charge is 2.38. The molecule has 8 heteroatoms. The third-order valence-electron chi connectivity index (χ3n) is 4.90. The van der Waals surface area contributed by atoms with E-state index < -0.39 is 0 Å². The number of hydrogen-bond donors (Lipinski definition) is 0. The second-order valence-electron chi connectivity index (χ2n) is 6.72. The Morgan fingerprint density at radius 2 is 1.77 bits per heavy atom. The number of aliphatic imine (C=N–C) groups is 1. The Balaban J connectivity index is 0.00000256. The largest absolute Gasteiger partial charge is 0.497 e. The summed E-state index contributed by atoms with van der Waals surface area (Å²) in [6.07, 6.45) is 1.97. The molecule has 4 rings (SSSR count). The van der Waals surface area contributed by atoms with Gasteiger partial charge in [-0.3, -0.25) is 4.79 Å². The number of carbonyl (C=O) groups is 1. The number of ketones is 1. The van der Waals surface area contributed by atoms with Crippen molar-refractivity contribution in [2.24, 2.45) is 4.99 Å². The van der Waals surface area contributed by atoms with Crippen molar-refractivity contribution in [2.75, 3.05) is 7.11 Å². The molecule has 0 bridgehead atoms. The molecule has 2 heterocycles. The van der Waals surface area contributed by atoms with Gasteiger partial charge in [-0.25, -0.2) is 4.99 Å². The van der Waals surface area contributed by atoms with Gasteiger partial charge in [0, 0.05) is 27.9 Å². The summed E-state index contributed by atoms with van der Waals surface area (Å²) in [6.45, 7) is 3.45. The van der Waals surface area contributed by atoms with Gasteiger partial charge in [0.05, 0.1) is 23.2 Å². The molecule has 0 radical (unpaired) electrons. The van der Waals surface area contributed by atoms with Gasteiger partial charge in [0.25, 0.3) is 0 Å². The molecule has 2 aromatic rings. The number of ether oxygens (including phenoxy) is 1. The Labute approximate surface area is 196 Å². The first-order valence-corrected chi connectivity index (χ1v) is 10.5. The number of allylic oxidation sites excluding steroid dienone is 1. The number of halogens is 3. The first-order chi connectivity index (χ1) is 13.9. The van der Waals surface area contributed by atoms with Gasteiger partial charge in [0.2, 0.25) is 0 Å². The topological polar surface area (TPSA) is 41.9 Å². The Bertz CT molecular complexity index is 1070. The summed E-state index contributed by atoms with van der Waals surface area (Å²) >= 11 is 14.3. The molecule has 0 aliphatic carbocycles. The minimum absolute atomic E-state index is 0. The minimum atomic E-state index is -0.280. The minimum Gasteiger partial charge on any atom is -0.497 e. The van der Waals surface area contributed by atoms with Gasteiger partial charge in [0.1, 0.15) is 5.75 Å². The molecular weight excluding hydrogens is 463 g/mol. The smallest absolute Gasteiger partial charge is 0.173 e. The van der Waals surface area contributed by atoms with Gasteiger partial charge >= 0.3 is 0 Å². The third kappa shape index (κ3) is 4.00. The van der Waals surface area contributed by atoms with Crippen LogP contribution < -0.4 is 4.74 Å². The Hall–Kier alpha value is -1.92. The highest BCUT2D eigenvalue weighted by molar-refractivity contribution is 8.22. The quantitative estimate of drug-likeness (QED) is 0.484. The van der Waals surface area contributed by atoms with Crippen molar-refractivity contribution in [2.45, 2.75) is 19.9 Å². The van der Waals surface area contributed by atoms with Crippen LogP contribution >= 0.6 is 47.4 Å². The van der Waals surface area contributed by atoms with Gasteiger partial charge in [-0.1, -0.05) is 41.4 Å².